The molecule has 188 valence electrons. The van der Waals surface area contributed by atoms with E-state index in [-0.39, 0.29) is 6.23 Å². The van der Waals surface area contributed by atoms with E-state index in [2.05, 4.69) is 25.7 Å². The molecule has 1 N–H and O–H groups in total. The smallest absolute Gasteiger partial charge is 0.107 e. The van der Waals surface area contributed by atoms with Crippen LogP contribution in [0.2, 0.25) is 0 Å². The molecule has 0 bridgehead atoms. The van der Waals surface area contributed by atoms with Crippen LogP contribution < -0.4 is 0 Å². The highest BCUT2D eigenvalue weighted by Gasteiger charge is 2.12. The van der Waals surface area contributed by atoms with Crippen LogP contribution >= 0.6 is 0 Å². The van der Waals surface area contributed by atoms with E-state index in [9.17, 15) is 5.11 Å². The van der Waals surface area contributed by atoms with Gasteiger partial charge in [-0.05, 0) is 19.3 Å². The molecule has 0 aliphatic heterocycles. The summed E-state index contributed by atoms with van der Waals surface area (Å²) in [5.41, 5.74) is 0. The van der Waals surface area contributed by atoms with Crippen molar-refractivity contribution in [2.24, 2.45) is 0 Å². The molecule has 0 aromatic rings. The second-order valence-corrected chi connectivity index (χ2v) is 10.00. The van der Waals surface area contributed by atoms with Gasteiger partial charge >= 0.3 is 0 Å². The third kappa shape index (κ3) is 22.9. The van der Waals surface area contributed by atoms with Crippen LogP contribution in [-0.2, 0) is 0 Å². The number of unbranched alkanes of at least 4 members (excludes halogenated alkanes) is 20. The van der Waals surface area contributed by atoms with Gasteiger partial charge in [0.25, 0.3) is 0 Å². The monoisotopic (exact) mass is 439 g/mol. The minimum absolute atomic E-state index is 0.230. The van der Waals surface area contributed by atoms with Gasteiger partial charge < -0.3 is 5.11 Å². The van der Waals surface area contributed by atoms with Gasteiger partial charge in [-0.25, -0.2) is 0 Å². The van der Waals surface area contributed by atoms with Crippen LogP contribution in [0.5, 0.6) is 0 Å². The molecule has 0 aliphatic rings. The van der Waals surface area contributed by atoms with Crippen molar-refractivity contribution in [1.29, 1.82) is 0 Å². The zero-order chi connectivity index (χ0) is 22.8. The molecule has 2 nitrogen and oxygen atoms in total. The predicted molar refractivity (Wildman–Crippen MR) is 141 cm³/mol. The van der Waals surface area contributed by atoms with Crippen molar-refractivity contribution in [3.8, 4) is 0 Å². The van der Waals surface area contributed by atoms with Crippen LogP contribution in [0.4, 0.5) is 0 Å². The number of aliphatic hydroxyl groups excluding tert-OH is 1. The lowest BCUT2D eigenvalue weighted by Crippen LogP contribution is -2.36. The first-order valence-electron chi connectivity index (χ1n) is 14.7. The topological polar surface area (TPSA) is 23.5 Å². The Morgan fingerprint density at radius 1 is 0.419 bits per heavy atom. The highest BCUT2D eigenvalue weighted by atomic mass is 16.3. The number of rotatable bonds is 26. The Morgan fingerprint density at radius 3 is 0.935 bits per heavy atom. The first-order chi connectivity index (χ1) is 15.3. The van der Waals surface area contributed by atoms with Crippen molar-refractivity contribution in [2.75, 3.05) is 13.1 Å². The molecule has 0 rings (SSSR count). The molecular weight excluding hydrogens is 378 g/mol. The van der Waals surface area contributed by atoms with E-state index in [1.165, 1.54) is 141 Å². The fourth-order valence-electron chi connectivity index (χ4n) is 4.63. The molecule has 0 aliphatic carbocycles. The Bertz CT molecular complexity index is 294. The quantitative estimate of drug-likeness (QED) is 0.107. The molecule has 1 atom stereocenters. The van der Waals surface area contributed by atoms with E-state index < -0.39 is 0 Å². The van der Waals surface area contributed by atoms with Crippen molar-refractivity contribution >= 4 is 0 Å². The maximum absolute atomic E-state index is 10.4. The number of nitrogens with zero attached hydrogens (tertiary/aromatic N) is 1. The van der Waals surface area contributed by atoms with E-state index in [0.717, 1.165) is 19.5 Å². The molecule has 31 heavy (non-hydrogen) atoms. The second kappa shape index (κ2) is 26.2. The van der Waals surface area contributed by atoms with E-state index >= 15 is 0 Å². The van der Waals surface area contributed by atoms with Gasteiger partial charge in [0.05, 0.1) is 0 Å². The molecular formula is C29H61NO. The summed E-state index contributed by atoms with van der Waals surface area (Å²) in [6.07, 6.45) is 31.3. The molecule has 0 aromatic carbocycles. The van der Waals surface area contributed by atoms with Gasteiger partial charge in [-0.15, -0.1) is 0 Å². The van der Waals surface area contributed by atoms with Gasteiger partial charge in [0.1, 0.15) is 6.23 Å². The van der Waals surface area contributed by atoms with Crippen LogP contribution in [0.25, 0.3) is 0 Å². The first kappa shape index (κ1) is 30.9. The van der Waals surface area contributed by atoms with E-state index in [4.69, 9.17) is 0 Å². The minimum Gasteiger partial charge on any atom is -0.378 e. The number of hydrogen-bond acceptors (Lipinski definition) is 2. The third-order valence-corrected chi connectivity index (χ3v) is 6.88. The zero-order valence-electron chi connectivity index (χ0n) is 22.1. The summed E-state index contributed by atoms with van der Waals surface area (Å²) >= 11 is 0. The third-order valence-electron chi connectivity index (χ3n) is 6.88. The van der Waals surface area contributed by atoms with Gasteiger partial charge in [0.2, 0.25) is 0 Å². The summed E-state index contributed by atoms with van der Waals surface area (Å²) in [4.78, 5) is 2.35. The van der Waals surface area contributed by atoms with Crippen molar-refractivity contribution in [2.45, 2.75) is 175 Å². The van der Waals surface area contributed by atoms with Crippen molar-refractivity contribution in [3.05, 3.63) is 0 Å². The molecule has 0 aromatic heterocycles. The predicted octanol–water partition coefficient (Wildman–Crippen LogP) is 9.64. The molecule has 0 saturated carbocycles. The average molecular weight is 440 g/mol. The largest absolute Gasteiger partial charge is 0.378 e. The Labute approximate surface area is 198 Å². The molecule has 2 heteroatoms. The van der Waals surface area contributed by atoms with E-state index in [1.54, 1.807) is 0 Å². The molecule has 0 fully saturated rings. The summed E-state index contributed by atoms with van der Waals surface area (Å²) in [5.74, 6) is 0. The molecule has 0 radical (unpaired) electrons. The molecule has 1 unspecified atom stereocenters. The minimum atomic E-state index is -0.230. The fourth-order valence-corrected chi connectivity index (χ4v) is 4.63. The number of aliphatic hydroxyl groups is 1. The van der Waals surface area contributed by atoms with E-state index in [0.29, 0.717) is 0 Å². The van der Waals surface area contributed by atoms with Crippen molar-refractivity contribution in [3.63, 3.8) is 0 Å². The summed E-state index contributed by atoms with van der Waals surface area (Å²) in [6, 6.07) is 0. The van der Waals surface area contributed by atoms with Crippen LogP contribution in [-0.4, -0.2) is 29.3 Å². The Kier molecular flexibility index (Phi) is 26.1. The molecule has 0 spiro atoms. The average Bonchev–Trinajstić information content (AvgIpc) is 2.79. The highest BCUT2D eigenvalue weighted by molar-refractivity contribution is 4.62. The van der Waals surface area contributed by atoms with Gasteiger partial charge in [0, 0.05) is 13.1 Å². The van der Waals surface area contributed by atoms with Gasteiger partial charge in [-0.1, -0.05) is 149 Å². The second-order valence-electron chi connectivity index (χ2n) is 10.00. The fraction of sp³-hybridized carbons (Fsp3) is 1.00. The van der Waals surface area contributed by atoms with Crippen LogP contribution in [0, 0.1) is 0 Å². The van der Waals surface area contributed by atoms with Crippen LogP contribution in [0.15, 0.2) is 0 Å². The van der Waals surface area contributed by atoms with Crippen molar-refractivity contribution < 1.29 is 5.11 Å². The molecule has 0 amide bonds. The number of hydrogen-bond donors (Lipinski definition) is 1. The summed E-state index contributed by atoms with van der Waals surface area (Å²) in [7, 11) is 0. The lowest BCUT2D eigenvalue weighted by molar-refractivity contribution is -0.00101. The van der Waals surface area contributed by atoms with Crippen LogP contribution in [0.1, 0.15) is 168 Å². The maximum Gasteiger partial charge on any atom is 0.107 e. The van der Waals surface area contributed by atoms with E-state index in [1.807, 2.05) is 0 Å². The Balaban J connectivity index is 3.55. The maximum atomic E-state index is 10.4. The summed E-state index contributed by atoms with van der Waals surface area (Å²) in [5, 5.41) is 10.4. The summed E-state index contributed by atoms with van der Waals surface area (Å²) < 4.78 is 0. The zero-order valence-corrected chi connectivity index (χ0v) is 22.1. The highest BCUT2D eigenvalue weighted by Crippen LogP contribution is 2.14. The SMILES string of the molecule is CCCCCCCCCCCCCN(CCCCCCCCCCCCC)C(O)CC. The lowest BCUT2D eigenvalue weighted by atomic mass is 10.1. The molecule has 0 heterocycles. The van der Waals surface area contributed by atoms with Gasteiger partial charge in [-0.3, -0.25) is 4.90 Å². The Morgan fingerprint density at radius 2 is 0.677 bits per heavy atom. The Hall–Kier alpha value is -0.0800. The van der Waals surface area contributed by atoms with Crippen molar-refractivity contribution in [1.82, 2.24) is 4.90 Å². The lowest BCUT2D eigenvalue weighted by Gasteiger charge is -2.27. The molecule has 0 saturated heterocycles. The normalized spacial score (nSPS) is 12.7. The van der Waals surface area contributed by atoms with Crippen LogP contribution in [0.3, 0.4) is 0 Å². The van der Waals surface area contributed by atoms with Gasteiger partial charge in [-0.2, -0.15) is 0 Å². The standard InChI is InChI=1S/C29H61NO/c1-4-7-9-11-13-15-17-19-21-23-25-27-30(29(31)6-3)28-26-24-22-20-18-16-14-12-10-8-5-2/h29,31H,4-28H2,1-3H3. The first-order valence-corrected chi connectivity index (χ1v) is 14.7. The summed E-state index contributed by atoms with van der Waals surface area (Å²) in [6.45, 7) is 8.86. The van der Waals surface area contributed by atoms with Gasteiger partial charge in [0.15, 0.2) is 0 Å².